The van der Waals surface area contributed by atoms with Gasteiger partial charge in [-0.05, 0) is 67.8 Å². The van der Waals surface area contributed by atoms with Gasteiger partial charge in [0.25, 0.3) is 5.91 Å². The first-order chi connectivity index (χ1) is 15.0. The number of piperidine rings is 1. The molecular weight excluding hydrogens is 388 g/mol. The van der Waals surface area contributed by atoms with Crippen molar-refractivity contribution in [2.24, 2.45) is 5.92 Å². The third-order valence-corrected chi connectivity index (χ3v) is 5.59. The normalized spacial score (nSPS) is 16.4. The number of hydrogen-bond acceptors (Lipinski definition) is 3. The molecule has 2 amide bonds. The summed E-state index contributed by atoms with van der Waals surface area (Å²) in [5.41, 5.74) is 1.43. The number of rotatable bonds is 5. The summed E-state index contributed by atoms with van der Waals surface area (Å²) >= 11 is 0. The van der Waals surface area contributed by atoms with E-state index in [1.807, 2.05) is 85.5 Å². The Kier molecular flexibility index (Phi) is 6.21. The molecule has 0 aliphatic carbocycles. The van der Waals surface area contributed by atoms with Gasteiger partial charge in [-0.15, -0.1) is 0 Å². The van der Waals surface area contributed by atoms with E-state index in [1.54, 1.807) is 0 Å². The highest BCUT2D eigenvalue weighted by Crippen LogP contribution is 2.25. The lowest BCUT2D eigenvalue weighted by Crippen LogP contribution is -2.43. The van der Waals surface area contributed by atoms with Crippen LogP contribution in [0.3, 0.4) is 0 Å². The van der Waals surface area contributed by atoms with E-state index in [9.17, 15) is 9.59 Å². The predicted octanol–water partition coefficient (Wildman–Crippen LogP) is 5.12. The Morgan fingerprint density at radius 1 is 1.00 bits per heavy atom. The molecule has 1 N–H and O–H groups in total. The molecule has 5 heteroatoms. The van der Waals surface area contributed by atoms with E-state index in [-0.39, 0.29) is 23.8 Å². The lowest BCUT2D eigenvalue weighted by atomic mass is 9.95. The van der Waals surface area contributed by atoms with Gasteiger partial charge in [-0.25, -0.2) is 0 Å². The summed E-state index contributed by atoms with van der Waals surface area (Å²) in [6, 6.07) is 21.1. The first-order valence-electron chi connectivity index (χ1n) is 10.9. The zero-order chi connectivity index (χ0) is 21.8. The van der Waals surface area contributed by atoms with Crippen molar-refractivity contribution in [1.29, 1.82) is 0 Å². The van der Waals surface area contributed by atoms with Crippen LogP contribution in [0.2, 0.25) is 0 Å². The van der Waals surface area contributed by atoms with E-state index in [2.05, 4.69) is 5.32 Å². The SMILES string of the molecule is CC(C)Oc1ccc(NC(=O)C2CCCN(C(=O)c3cccc4ccccc34)C2)cc1. The summed E-state index contributed by atoms with van der Waals surface area (Å²) in [6.45, 7) is 5.06. The summed E-state index contributed by atoms with van der Waals surface area (Å²) in [4.78, 5) is 27.9. The van der Waals surface area contributed by atoms with E-state index >= 15 is 0 Å². The van der Waals surface area contributed by atoms with Gasteiger partial charge in [0, 0.05) is 24.3 Å². The first-order valence-corrected chi connectivity index (χ1v) is 10.9. The summed E-state index contributed by atoms with van der Waals surface area (Å²) in [7, 11) is 0. The van der Waals surface area contributed by atoms with Gasteiger partial charge in [-0.1, -0.05) is 36.4 Å². The quantitative estimate of drug-likeness (QED) is 0.628. The average molecular weight is 417 g/mol. The second-order valence-corrected chi connectivity index (χ2v) is 8.30. The molecule has 1 atom stereocenters. The lowest BCUT2D eigenvalue weighted by molar-refractivity contribution is -0.121. The molecule has 0 aromatic heterocycles. The Bertz CT molecular complexity index is 1070. The van der Waals surface area contributed by atoms with Crippen molar-refractivity contribution in [2.75, 3.05) is 18.4 Å². The van der Waals surface area contributed by atoms with Crippen molar-refractivity contribution < 1.29 is 14.3 Å². The fourth-order valence-electron chi connectivity index (χ4n) is 4.09. The number of benzene rings is 3. The second kappa shape index (κ2) is 9.21. The number of hydrogen-bond donors (Lipinski definition) is 1. The minimum atomic E-state index is -0.223. The Balaban J connectivity index is 1.43. The molecule has 4 rings (SSSR count). The third-order valence-electron chi connectivity index (χ3n) is 5.59. The number of nitrogens with zero attached hydrogens (tertiary/aromatic N) is 1. The standard InChI is InChI=1S/C26H28N2O3/c1-18(2)31-22-14-12-21(13-15-22)27-25(29)20-9-6-16-28(17-20)26(30)24-11-5-8-19-7-3-4-10-23(19)24/h3-5,7-8,10-15,18,20H,6,9,16-17H2,1-2H3,(H,27,29). The fraction of sp³-hybridized carbons (Fsp3) is 0.308. The van der Waals surface area contributed by atoms with Crippen LogP contribution in [-0.4, -0.2) is 35.9 Å². The van der Waals surface area contributed by atoms with Crippen LogP contribution in [0.1, 0.15) is 37.0 Å². The van der Waals surface area contributed by atoms with Crippen LogP contribution in [0.4, 0.5) is 5.69 Å². The number of amides is 2. The summed E-state index contributed by atoms with van der Waals surface area (Å²) in [5, 5.41) is 4.98. The highest BCUT2D eigenvalue weighted by Gasteiger charge is 2.29. The van der Waals surface area contributed by atoms with E-state index in [1.165, 1.54) is 0 Å². The van der Waals surface area contributed by atoms with Crippen LogP contribution in [0.5, 0.6) is 5.75 Å². The predicted molar refractivity (Wildman–Crippen MR) is 123 cm³/mol. The maximum Gasteiger partial charge on any atom is 0.254 e. The first kappa shape index (κ1) is 20.9. The van der Waals surface area contributed by atoms with Crippen molar-refractivity contribution in [2.45, 2.75) is 32.8 Å². The smallest absolute Gasteiger partial charge is 0.254 e. The fourth-order valence-corrected chi connectivity index (χ4v) is 4.09. The largest absolute Gasteiger partial charge is 0.491 e. The Labute approximate surface area is 183 Å². The highest BCUT2D eigenvalue weighted by molar-refractivity contribution is 6.07. The van der Waals surface area contributed by atoms with Gasteiger partial charge >= 0.3 is 0 Å². The zero-order valence-corrected chi connectivity index (χ0v) is 18.0. The second-order valence-electron chi connectivity index (χ2n) is 8.30. The van der Waals surface area contributed by atoms with Crippen LogP contribution in [0.15, 0.2) is 66.7 Å². The molecule has 1 aliphatic heterocycles. The number of ether oxygens (including phenoxy) is 1. The molecule has 0 radical (unpaired) electrons. The number of fused-ring (bicyclic) bond motifs is 1. The van der Waals surface area contributed by atoms with Crippen molar-refractivity contribution in [3.05, 3.63) is 72.3 Å². The van der Waals surface area contributed by atoms with Gasteiger partial charge in [0.05, 0.1) is 12.0 Å². The van der Waals surface area contributed by atoms with Gasteiger partial charge in [0.15, 0.2) is 0 Å². The Morgan fingerprint density at radius 2 is 1.74 bits per heavy atom. The maximum atomic E-state index is 13.2. The number of likely N-dealkylation sites (tertiary alicyclic amines) is 1. The van der Waals surface area contributed by atoms with Gasteiger partial charge in [-0.3, -0.25) is 9.59 Å². The Hall–Kier alpha value is -3.34. The molecule has 5 nitrogen and oxygen atoms in total. The van der Waals surface area contributed by atoms with E-state index in [0.717, 1.165) is 35.1 Å². The molecule has 0 spiro atoms. The number of carbonyl (C=O) groups is 2. The number of anilines is 1. The molecule has 0 saturated carbocycles. The Morgan fingerprint density at radius 3 is 2.52 bits per heavy atom. The van der Waals surface area contributed by atoms with Gasteiger partial charge < -0.3 is 15.0 Å². The average Bonchev–Trinajstić information content (AvgIpc) is 2.79. The molecule has 1 heterocycles. The number of carbonyl (C=O) groups excluding carboxylic acids is 2. The summed E-state index contributed by atoms with van der Waals surface area (Å²) in [5.74, 6) is 0.495. The molecular formula is C26H28N2O3. The summed E-state index contributed by atoms with van der Waals surface area (Å²) < 4.78 is 5.65. The van der Waals surface area contributed by atoms with Crippen LogP contribution < -0.4 is 10.1 Å². The van der Waals surface area contributed by atoms with Crippen molar-refractivity contribution in [1.82, 2.24) is 4.90 Å². The van der Waals surface area contributed by atoms with Gasteiger partial charge in [0.1, 0.15) is 5.75 Å². The maximum absolute atomic E-state index is 13.2. The molecule has 3 aromatic rings. The lowest BCUT2D eigenvalue weighted by Gasteiger charge is -2.32. The zero-order valence-electron chi connectivity index (χ0n) is 18.0. The third kappa shape index (κ3) is 4.88. The topological polar surface area (TPSA) is 58.6 Å². The van der Waals surface area contributed by atoms with E-state index in [4.69, 9.17) is 4.74 Å². The molecule has 31 heavy (non-hydrogen) atoms. The van der Waals surface area contributed by atoms with E-state index < -0.39 is 0 Å². The van der Waals surface area contributed by atoms with Crippen molar-refractivity contribution in [3.8, 4) is 5.75 Å². The highest BCUT2D eigenvalue weighted by atomic mass is 16.5. The molecule has 1 unspecified atom stereocenters. The van der Waals surface area contributed by atoms with E-state index in [0.29, 0.717) is 18.7 Å². The van der Waals surface area contributed by atoms with Gasteiger partial charge in [-0.2, -0.15) is 0 Å². The molecule has 1 saturated heterocycles. The van der Waals surface area contributed by atoms with Gasteiger partial charge in [0.2, 0.25) is 5.91 Å². The molecule has 1 aliphatic rings. The molecule has 3 aromatic carbocycles. The molecule has 160 valence electrons. The van der Waals surface area contributed by atoms with Crippen LogP contribution >= 0.6 is 0 Å². The number of nitrogens with one attached hydrogen (secondary N) is 1. The minimum Gasteiger partial charge on any atom is -0.491 e. The van der Waals surface area contributed by atoms with Crippen molar-refractivity contribution in [3.63, 3.8) is 0 Å². The van der Waals surface area contributed by atoms with Crippen LogP contribution in [0.25, 0.3) is 10.8 Å². The van der Waals surface area contributed by atoms with Crippen LogP contribution in [0, 0.1) is 5.92 Å². The molecule has 0 bridgehead atoms. The monoisotopic (exact) mass is 416 g/mol. The summed E-state index contributed by atoms with van der Waals surface area (Å²) in [6.07, 6.45) is 1.70. The molecule has 1 fully saturated rings. The van der Waals surface area contributed by atoms with Crippen LogP contribution in [-0.2, 0) is 4.79 Å². The minimum absolute atomic E-state index is 0.00973. The van der Waals surface area contributed by atoms with Crippen molar-refractivity contribution >= 4 is 28.3 Å².